The van der Waals surface area contributed by atoms with Crippen LogP contribution in [0.4, 0.5) is 0 Å². The van der Waals surface area contributed by atoms with Crippen molar-refractivity contribution in [3.05, 3.63) is 75.1 Å². The summed E-state index contributed by atoms with van der Waals surface area (Å²) in [4.78, 5) is 31.7. The molecule has 0 aromatic heterocycles. The first-order valence-corrected chi connectivity index (χ1v) is 15.8. The number of carbonyl (C=O) groups excluding carboxylic acids is 2. The first-order valence-electron chi connectivity index (χ1n) is 14.5. The Labute approximate surface area is 242 Å². The smallest absolute Gasteiger partial charge is 0.260 e. The topological polar surface area (TPSA) is 52.7 Å². The van der Waals surface area contributed by atoms with Crippen LogP contribution in [0.15, 0.2) is 53.4 Å². The molecule has 2 saturated heterocycles. The van der Waals surface area contributed by atoms with Gasteiger partial charge in [0.15, 0.2) is 0 Å². The van der Waals surface area contributed by atoms with Crippen molar-refractivity contribution in [2.24, 2.45) is 5.92 Å². The van der Waals surface area contributed by atoms with Crippen molar-refractivity contribution in [2.45, 2.75) is 69.7 Å². The molecule has 1 saturated carbocycles. The molecule has 2 amide bonds. The highest BCUT2D eigenvalue weighted by Crippen LogP contribution is 2.42. The van der Waals surface area contributed by atoms with Gasteiger partial charge in [0, 0.05) is 41.5 Å². The summed E-state index contributed by atoms with van der Waals surface area (Å²) in [5, 5.41) is 4.18. The molecule has 2 heterocycles. The van der Waals surface area contributed by atoms with E-state index in [1.165, 1.54) is 38.8 Å². The highest BCUT2D eigenvalue weighted by atomic mass is 35.5. The van der Waals surface area contributed by atoms with Crippen LogP contribution in [0.3, 0.4) is 0 Å². The fourth-order valence-corrected chi connectivity index (χ4v) is 7.86. The van der Waals surface area contributed by atoms with Gasteiger partial charge in [0.05, 0.1) is 4.91 Å². The van der Waals surface area contributed by atoms with E-state index in [2.05, 4.69) is 22.0 Å². The molecular formula is C32H40ClN3O2S. The van der Waals surface area contributed by atoms with E-state index in [9.17, 15) is 9.59 Å². The van der Waals surface area contributed by atoms with E-state index in [0.717, 1.165) is 47.8 Å². The number of carbonyl (C=O) groups is 2. The zero-order chi connectivity index (χ0) is 27.2. The summed E-state index contributed by atoms with van der Waals surface area (Å²) in [5.41, 5.74) is 2.66. The van der Waals surface area contributed by atoms with Gasteiger partial charge >= 0.3 is 0 Å². The molecule has 2 aromatic carbocycles. The van der Waals surface area contributed by atoms with Crippen LogP contribution in [0.1, 0.15) is 73.4 Å². The van der Waals surface area contributed by atoms with E-state index in [1.807, 2.05) is 54.6 Å². The molecule has 0 bridgehead atoms. The maximum absolute atomic E-state index is 13.7. The van der Waals surface area contributed by atoms with Crippen molar-refractivity contribution >= 4 is 41.3 Å². The first kappa shape index (κ1) is 28.3. The Morgan fingerprint density at radius 1 is 1.10 bits per heavy atom. The van der Waals surface area contributed by atoms with E-state index in [0.29, 0.717) is 28.9 Å². The number of nitrogens with one attached hydrogen (secondary N) is 1. The number of likely N-dealkylation sites (tertiary alicyclic amines) is 1. The molecule has 0 radical (unpaired) electrons. The highest BCUT2D eigenvalue weighted by molar-refractivity contribution is 8.04. The van der Waals surface area contributed by atoms with Crippen molar-refractivity contribution in [1.82, 2.24) is 15.1 Å². The SMILES string of the molecule is CC1CCCN(CCCNC(=O)c2ccc(/C=C3/SC4CCCCC4N(Cc4cccc(Cl)c4)C3=O)cc2)C1. The summed E-state index contributed by atoms with van der Waals surface area (Å²) in [6.07, 6.45) is 10.1. The Balaban J connectivity index is 1.20. The van der Waals surface area contributed by atoms with E-state index in [4.69, 9.17) is 11.6 Å². The predicted molar refractivity (Wildman–Crippen MR) is 162 cm³/mol. The summed E-state index contributed by atoms with van der Waals surface area (Å²) in [5.74, 6) is 0.828. The Morgan fingerprint density at radius 3 is 2.72 bits per heavy atom. The second-order valence-electron chi connectivity index (χ2n) is 11.4. The number of rotatable bonds is 8. The summed E-state index contributed by atoms with van der Waals surface area (Å²) >= 11 is 7.96. The molecule has 3 unspecified atom stereocenters. The molecule has 2 aliphatic heterocycles. The van der Waals surface area contributed by atoms with Crippen molar-refractivity contribution in [3.63, 3.8) is 0 Å². The summed E-state index contributed by atoms with van der Waals surface area (Å²) in [6, 6.07) is 15.7. The lowest BCUT2D eigenvalue weighted by molar-refractivity contribution is -0.130. The number of amides is 2. The van der Waals surface area contributed by atoms with Crippen molar-refractivity contribution in [1.29, 1.82) is 0 Å². The molecule has 2 aromatic rings. The normalized spacial score (nSPS) is 25.0. The Kier molecular flexibility index (Phi) is 9.70. The van der Waals surface area contributed by atoms with E-state index in [-0.39, 0.29) is 17.9 Å². The zero-order valence-electron chi connectivity index (χ0n) is 22.9. The average Bonchev–Trinajstić information content (AvgIpc) is 2.94. The fourth-order valence-electron chi connectivity index (χ4n) is 6.17. The van der Waals surface area contributed by atoms with Crippen molar-refractivity contribution in [3.8, 4) is 0 Å². The van der Waals surface area contributed by atoms with Gasteiger partial charge in [-0.2, -0.15) is 0 Å². The van der Waals surface area contributed by atoms with Gasteiger partial charge in [0.1, 0.15) is 0 Å². The number of fused-ring (bicyclic) bond motifs is 1. The number of hydrogen-bond donors (Lipinski definition) is 1. The number of piperidine rings is 1. The number of halogens is 1. The lowest BCUT2D eigenvalue weighted by atomic mass is 9.92. The molecule has 39 heavy (non-hydrogen) atoms. The number of thioether (sulfide) groups is 1. The second-order valence-corrected chi connectivity index (χ2v) is 13.1. The van der Waals surface area contributed by atoms with Gasteiger partial charge in [-0.05, 0) is 92.6 Å². The molecule has 3 fully saturated rings. The van der Waals surface area contributed by atoms with Crippen molar-refractivity contribution in [2.75, 3.05) is 26.2 Å². The monoisotopic (exact) mass is 565 g/mol. The Bertz CT molecular complexity index is 1180. The van der Waals surface area contributed by atoms with Gasteiger partial charge in [-0.15, -0.1) is 11.8 Å². The zero-order valence-corrected chi connectivity index (χ0v) is 24.5. The van der Waals surface area contributed by atoms with Crippen LogP contribution < -0.4 is 5.32 Å². The van der Waals surface area contributed by atoms with Crippen LogP contribution in [0.2, 0.25) is 5.02 Å². The standard InChI is InChI=1S/C32H40ClN3O2S/c1-23-7-5-17-35(21-23)18-6-16-34-31(37)26-14-12-24(13-15-26)20-30-32(38)36(22-25-8-4-9-27(33)19-25)28-10-2-3-11-29(28)39-30/h4,8-9,12-15,19-20,23,28-29H,2-3,5-7,10-11,16-18,21-22H2,1H3,(H,34,37)/b30-20+. The molecule has 7 heteroatoms. The third-order valence-electron chi connectivity index (χ3n) is 8.21. The maximum Gasteiger partial charge on any atom is 0.260 e. The molecule has 5 rings (SSSR count). The van der Waals surface area contributed by atoms with Gasteiger partial charge in [-0.3, -0.25) is 9.59 Å². The van der Waals surface area contributed by atoms with Crippen LogP contribution in [-0.4, -0.2) is 59.1 Å². The van der Waals surface area contributed by atoms with Gasteiger partial charge < -0.3 is 15.1 Å². The molecule has 5 nitrogen and oxygen atoms in total. The van der Waals surface area contributed by atoms with Crippen LogP contribution in [0.5, 0.6) is 0 Å². The average molecular weight is 566 g/mol. The van der Waals surface area contributed by atoms with Crippen molar-refractivity contribution < 1.29 is 9.59 Å². The van der Waals surface area contributed by atoms with Gasteiger partial charge in [-0.1, -0.05) is 55.6 Å². The molecule has 208 valence electrons. The highest BCUT2D eigenvalue weighted by Gasteiger charge is 2.40. The van der Waals surface area contributed by atoms with Gasteiger partial charge in [-0.25, -0.2) is 0 Å². The molecule has 1 aliphatic carbocycles. The molecule has 3 atom stereocenters. The molecular weight excluding hydrogens is 526 g/mol. The third kappa shape index (κ3) is 7.47. The van der Waals surface area contributed by atoms with Crippen LogP contribution in [0, 0.1) is 5.92 Å². The minimum Gasteiger partial charge on any atom is -0.352 e. The molecule has 1 N–H and O–H groups in total. The quantitative estimate of drug-likeness (QED) is 0.289. The van der Waals surface area contributed by atoms with E-state index < -0.39 is 0 Å². The molecule has 3 aliphatic rings. The van der Waals surface area contributed by atoms with Gasteiger partial charge in [0.2, 0.25) is 0 Å². The van der Waals surface area contributed by atoms with E-state index in [1.54, 1.807) is 11.8 Å². The fraction of sp³-hybridized carbons (Fsp3) is 0.500. The van der Waals surface area contributed by atoms with E-state index >= 15 is 0 Å². The van der Waals surface area contributed by atoms with Crippen LogP contribution in [-0.2, 0) is 11.3 Å². The number of hydrogen-bond acceptors (Lipinski definition) is 4. The summed E-state index contributed by atoms with van der Waals surface area (Å²) < 4.78 is 0. The minimum absolute atomic E-state index is 0.0397. The Hall–Kier alpha value is -2.28. The second kappa shape index (κ2) is 13.4. The maximum atomic E-state index is 13.7. The number of nitrogens with zero attached hydrogens (tertiary/aromatic N) is 2. The predicted octanol–water partition coefficient (Wildman–Crippen LogP) is 6.62. The van der Waals surface area contributed by atoms with Gasteiger partial charge in [0.25, 0.3) is 11.8 Å². The summed E-state index contributed by atoms with van der Waals surface area (Å²) in [7, 11) is 0. The van der Waals surface area contributed by atoms with Crippen LogP contribution in [0.25, 0.3) is 6.08 Å². The Morgan fingerprint density at radius 2 is 1.92 bits per heavy atom. The molecule has 0 spiro atoms. The lowest BCUT2D eigenvalue weighted by Crippen LogP contribution is -2.50. The minimum atomic E-state index is -0.0397. The number of benzene rings is 2. The first-order chi connectivity index (χ1) is 19.0. The lowest BCUT2D eigenvalue weighted by Gasteiger charge is -2.44. The summed E-state index contributed by atoms with van der Waals surface area (Å²) in [6.45, 7) is 6.97. The van der Waals surface area contributed by atoms with Crippen LogP contribution >= 0.6 is 23.4 Å². The largest absolute Gasteiger partial charge is 0.352 e. The third-order valence-corrected chi connectivity index (χ3v) is 9.84.